The van der Waals surface area contributed by atoms with Gasteiger partial charge in [-0.25, -0.2) is 4.98 Å². The highest BCUT2D eigenvalue weighted by atomic mass is 32.2. The van der Waals surface area contributed by atoms with E-state index in [9.17, 15) is 18.0 Å². The number of fused-ring (bicyclic) bond motifs is 1. The van der Waals surface area contributed by atoms with Crippen molar-refractivity contribution in [1.29, 1.82) is 0 Å². The number of hydrogen-bond acceptors (Lipinski definition) is 4. The number of rotatable bonds is 5. The van der Waals surface area contributed by atoms with Gasteiger partial charge in [0.2, 0.25) is 0 Å². The average molecular weight is 432 g/mol. The molecule has 1 N–H and O–H groups in total. The molecule has 2 heterocycles. The lowest BCUT2D eigenvalue weighted by atomic mass is 10.1. The second kappa shape index (κ2) is 8.65. The number of aromatic nitrogens is 1. The highest BCUT2D eigenvalue weighted by molar-refractivity contribution is 7.99. The van der Waals surface area contributed by atoms with Gasteiger partial charge in [-0.2, -0.15) is 13.2 Å². The van der Waals surface area contributed by atoms with Crippen LogP contribution in [-0.2, 0) is 10.9 Å². The zero-order chi connectivity index (χ0) is 21.1. The Labute approximate surface area is 175 Å². The van der Waals surface area contributed by atoms with Gasteiger partial charge in [-0.15, -0.1) is 0 Å². The summed E-state index contributed by atoms with van der Waals surface area (Å²) in [6, 6.07) is 14.0. The minimum Gasteiger partial charge on any atom is -0.376 e. The van der Waals surface area contributed by atoms with Crippen LogP contribution in [0, 0.1) is 0 Å². The standard InChI is InChI=1S/C22H19F3N2O2S/c23-22(24,25)17-8-2-4-10-19(17)30-20-12-16(15-7-1-3-9-18(15)27-20)21(28)26-13-14-6-5-11-29-14/h1-4,7-10,12,14H,5-6,11,13H2,(H,26,28). The Morgan fingerprint density at radius 3 is 2.70 bits per heavy atom. The van der Waals surface area contributed by atoms with E-state index in [-0.39, 0.29) is 16.9 Å². The highest BCUT2D eigenvalue weighted by Gasteiger charge is 2.33. The molecule has 1 aromatic heterocycles. The number of alkyl halides is 3. The van der Waals surface area contributed by atoms with Crippen LogP contribution in [0.1, 0.15) is 28.8 Å². The van der Waals surface area contributed by atoms with Gasteiger partial charge < -0.3 is 10.1 Å². The van der Waals surface area contributed by atoms with Gasteiger partial charge in [0.15, 0.2) is 0 Å². The molecule has 4 rings (SSSR count). The maximum Gasteiger partial charge on any atom is 0.417 e. The van der Waals surface area contributed by atoms with Crippen LogP contribution in [0.3, 0.4) is 0 Å². The predicted octanol–water partition coefficient (Wildman–Crippen LogP) is 5.31. The van der Waals surface area contributed by atoms with E-state index >= 15 is 0 Å². The topological polar surface area (TPSA) is 51.2 Å². The van der Waals surface area contributed by atoms with Gasteiger partial charge in [-0.05, 0) is 37.1 Å². The Hall–Kier alpha value is -2.58. The molecule has 0 bridgehead atoms. The number of nitrogens with zero attached hydrogens (tertiary/aromatic N) is 1. The molecule has 1 saturated heterocycles. The summed E-state index contributed by atoms with van der Waals surface area (Å²) in [7, 11) is 0. The van der Waals surface area contributed by atoms with Crippen LogP contribution in [0.2, 0.25) is 0 Å². The predicted molar refractivity (Wildman–Crippen MR) is 109 cm³/mol. The number of para-hydroxylation sites is 1. The molecule has 0 radical (unpaired) electrons. The van der Waals surface area contributed by atoms with E-state index in [0.29, 0.717) is 34.6 Å². The monoisotopic (exact) mass is 432 g/mol. The summed E-state index contributed by atoms with van der Waals surface area (Å²) in [6.07, 6.45) is -2.61. The van der Waals surface area contributed by atoms with E-state index in [4.69, 9.17) is 4.74 Å². The molecule has 0 aliphatic carbocycles. The molecule has 30 heavy (non-hydrogen) atoms. The van der Waals surface area contributed by atoms with Crippen molar-refractivity contribution in [1.82, 2.24) is 10.3 Å². The number of benzene rings is 2. The van der Waals surface area contributed by atoms with E-state index in [1.807, 2.05) is 0 Å². The first-order chi connectivity index (χ1) is 14.4. The number of nitrogens with one attached hydrogen (secondary N) is 1. The quantitative estimate of drug-likeness (QED) is 0.593. The number of halogens is 3. The summed E-state index contributed by atoms with van der Waals surface area (Å²) in [5, 5.41) is 3.85. The van der Waals surface area contributed by atoms with Crippen LogP contribution in [-0.4, -0.2) is 30.1 Å². The van der Waals surface area contributed by atoms with Crippen molar-refractivity contribution < 1.29 is 22.7 Å². The fourth-order valence-electron chi connectivity index (χ4n) is 3.40. The van der Waals surface area contributed by atoms with Crippen molar-refractivity contribution in [2.75, 3.05) is 13.2 Å². The summed E-state index contributed by atoms with van der Waals surface area (Å²) < 4.78 is 45.6. The van der Waals surface area contributed by atoms with Crippen LogP contribution < -0.4 is 5.32 Å². The second-order valence-corrected chi connectivity index (χ2v) is 8.03. The van der Waals surface area contributed by atoms with E-state index in [0.717, 1.165) is 30.7 Å². The Bertz CT molecular complexity index is 1070. The maximum atomic E-state index is 13.4. The number of carbonyl (C=O) groups is 1. The number of pyridine rings is 1. The van der Waals surface area contributed by atoms with E-state index < -0.39 is 11.7 Å². The molecule has 1 aliphatic heterocycles. The minimum absolute atomic E-state index is 0.00504. The lowest BCUT2D eigenvalue weighted by Crippen LogP contribution is -2.31. The summed E-state index contributed by atoms with van der Waals surface area (Å²) in [5.74, 6) is -0.296. The summed E-state index contributed by atoms with van der Waals surface area (Å²) in [4.78, 5) is 17.4. The summed E-state index contributed by atoms with van der Waals surface area (Å²) in [5.41, 5.74) is 0.203. The number of carbonyl (C=O) groups excluding carboxylic acids is 1. The van der Waals surface area contributed by atoms with Crippen LogP contribution >= 0.6 is 11.8 Å². The Morgan fingerprint density at radius 2 is 1.93 bits per heavy atom. The smallest absolute Gasteiger partial charge is 0.376 e. The van der Waals surface area contributed by atoms with Gasteiger partial charge in [0, 0.05) is 23.4 Å². The van der Waals surface area contributed by atoms with Crippen molar-refractivity contribution in [3.63, 3.8) is 0 Å². The average Bonchev–Trinajstić information content (AvgIpc) is 3.25. The molecular weight excluding hydrogens is 413 g/mol. The van der Waals surface area contributed by atoms with Gasteiger partial charge in [0.05, 0.1) is 22.7 Å². The molecular formula is C22H19F3N2O2S. The number of amides is 1. The lowest BCUT2D eigenvalue weighted by Gasteiger charge is -2.14. The molecule has 8 heteroatoms. The van der Waals surface area contributed by atoms with Crippen LogP contribution in [0.15, 0.2) is 64.5 Å². The normalized spacial score (nSPS) is 16.7. The third-order valence-electron chi connectivity index (χ3n) is 4.86. The molecule has 3 aromatic rings. The summed E-state index contributed by atoms with van der Waals surface area (Å²) >= 11 is 0.895. The lowest BCUT2D eigenvalue weighted by molar-refractivity contribution is -0.139. The molecule has 156 valence electrons. The van der Waals surface area contributed by atoms with Crippen molar-refractivity contribution >= 4 is 28.6 Å². The van der Waals surface area contributed by atoms with Gasteiger partial charge in [0.1, 0.15) is 5.03 Å². The first kappa shape index (κ1) is 20.7. The third-order valence-corrected chi connectivity index (χ3v) is 5.85. The molecule has 4 nitrogen and oxygen atoms in total. The summed E-state index contributed by atoms with van der Waals surface area (Å²) in [6.45, 7) is 1.09. The van der Waals surface area contributed by atoms with Crippen LogP contribution in [0.25, 0.3) is 10.9 Å². The highest BCUT2D eigenvalue weighted by Crippen LogP contribution is 2.39. The number of hydrogen-bond donors (Lipinski definition) is 1. The molecule has 2 aromatic carbocycles. The van der Waals surface area contributed by atoms with E-state index in [1.165, 1.54) is 12.1 Å². The molecule has 1 amide bonds. The fraction of sp³-hybridized carbons (Fsp3) is 0.273. The van der Waals surface area contributed by atoms with Crippen LogP contribution in [0.4, 0.5) is 13.2 Å². The molecule has 0 spiro atoms. The number of ether oxygens (including phenoxy) is 1. The van der Waals surface area contributed by atoms with E-state index in [2.05, 4.69) is 10.3 Å². The first-order valence-corrected chi connectivity index (χ1v) is 10.4. The second-order valence-electron chi connectivity index (χ2n) is 6.97. The molecule has 1 atom stereocenters. The van der Waals surface area contributed by atoms with Crippen molar-refractivity contribution in [3.8, 4) is 0 Å². The van der Waals surface area contributed by atoms with Gasteiger partial charge in [-0.3, -0.25) is 4.79 Å². The largest absolute Gasteiger partial charge is 0.417 e. The Morgan fingerprint density at radius 1 is 1.17 bits per heavy atom. The molecule has 1 unspecified atom stereocenters. The maximum absolute atomic E-state index is 13.4. The third kappa shape index (κ3) is 4.60. The van der Waals surface area contributed by atoms with Gasteiger partial charge in [0.25, 0.3) is 5.91 Å². The molecule has 1 fully saturated rings. The van der Waals surface area contributed by atoms with Gasteiger partial charge in [-0.1, -0.05) is 42.1 Å². The zero-order valence-corrected chi connectivity index (χ0v) is 16.7. The Kier molecular flexibility index (Phi) is 5.97. The molecule has 0 saturated carbocycles. The molecule has 1 aliphatic rings. The minimum atomic E-state index is -4.47. The zero-order valence-electron chi connectivity index (χ0n) is 15.9. The van der Waals surface area contributed by atoms with Crippen molar-refractivity contribution in [2.24, 2.45) is 0 Å². The van der Waals surface area contributed by atoms with Crippen molar-refractivity contribution in [3.05, 3.63) is 65.7 Å². The SMILES string of the molecule is O=C(NCC1CCCO1)c1cc(Sc2ccccc2C(F)(F)F)nc2ccccc12. The van der Waals surface area contributed by atoms with Gasteiger partial charge >= 0.3 is 6.18 Å². The fourth-order valence-corrected chi connectivity index (χ4v) is 4.39. The van der Waals surface area contributed by atoms with E-state index in [1.54, 1.807) is 36.4 Å². The van der Waals surface area contributed by atoms with Crippen LogP contribution in [0.5, 0.6) is 0 Å². The Balaban J connectivity index is 1.66. The van der Waals surface area contributed by atoms with Crippen molar-refractivity contribution in [2.45, 2.75) is 35.0 Å². The first-order valence-electron chi connectivity index (χ1n) is 9.55.